The summed E-state index contributed by atoms with van der Waals surface area (Å²) in [7, 11) is 0. The SMILES string of the molecule is N#Cc1cc(Cl)ccc1NCCNC(=O)C1CC1. The Morgan fingerprint density at radius 3 is 2.89 bits per heavy atom. The summed E-state index contributed by atoms with van der Waals surface area (Å²) in [6.45, 7) is 1.15. The van der Waals surface area contributed by atoms with E-state index in [-0.39, 0.29) is 11.8 Å². The van der Waals surface area contributed by atoms with Crippen molar-refractivity contribution in [3.63, 3.8) is 0 Å². The zero-order valence-electron chi connectivity index (χ0n) is 9.87. The highest BCUT2D eigenvalue weighted by atomic mass is 35.5. The Morgan fingerprint density at radius 2 is 2.22 bits per heavy atom. The molecule has 4 nitrogen and oxygen atoms in total. The molecule has 0 atom stereocenters. The van der Waals surface area contributed by atoms with Crippen molar-refractivity contribution in [2.75, 3.05) is 18.4 Å². The first-order chi connectivity index (χ1) is 8.70. The van der Waals surface area contributed by atoms with Crippen molar-refractivity contribution in [3.05, 3.63) is 28.8 Å². The predicted molar refractivity (Wildman–Crippen MR) is 70.4 cm³/mol. The minimum absolute atomic E-state index is 0.133. The highest BCUT2D eigenvalue weighted by Crippen LogP contribution is 2.28. The lowest BCUT2D eigenvalue weighted by atomic mass is 10.2. The first-order valence-corrected chi connectivity index (χ1v) is 6.29. The molecule has 1 amide bonds. The number of halogens is 1. The second kappa shape index (κ2) is 5.74. The van der Waals surface area contributed by atoms with Gasteiger partial charge < -0.3 is 10.6 Å². The normalized spacial score (nSPS) is 13.8. The molecule has 18 heavy (non-hydrogen) atoms. The molecule has 0 bridgehead atoms. The highest BCUT2D eigenvalue weighted by Gasteiger charge is 2.28. The van der Waals surface area contributed by atoms with E-state index in [1.807, 2.05) is 0 Å². The van der Waals surface area contributed by atoms with Crippen molar-refractivity contribution in [2.45, 2.75) is 12.8 Å². The number of nitriles is 1. The number of nitrogens with zero attached hydrogens (tertiary/aromatic N) is 1. The zero-order chi connectivity index (χ0) is 13.0. The van der Waals surface area contributed by atoms with Gasteiger partial charge in [-0.1, -0.05) is 11.6 Å². The highest BCUT2D eigenvalue weighted by molar-refractivity contribution is 6.30. The summed E-state index contributed by atoms with van der Waals surface area (Å²) in [5.74, 6) is 0.364. The number of hydrogen-bond donors (Lipinski definition) is 2. The van der Waals surface area contributed by atoms with Crippen LogP contribution in [-0.2, 0) is 4.79 Å². The molecule has 0 unspecified atom stereocenters. The molecule has 1 aliphatic rings. The number of anilines is 1. The number of nitrogens with one attached hydrogen (secondary N) is 2. The fourth-order valence-electron chi connectivity index (χ4n) is 1.64. The molecule has 1 saturated carbocycles. The van der Waals surface area contributed by atoms with Crippen molar-refractivity contribution >= 4 is 23.2 Å². The van der Waals surface area contributed by atoms with Gasteiger partial charge in [-0.25, -0.2) is 0 Å². The van der Waals surface area contributed by atoms with Gasteiger partial charge in [0, 0.05) is 24.0 Å². The monoisotopic (exact) mass is 263 g/mol. The number of benzene rings is 1. The molecular weight excluding hydrogens is 250 g/mol. The molecule has 94 valence electrons. The minimum atomic E-state index is 0.133. The van der Waals surface area contributed by atoms with E-state index in [2.05, 4.69) is 16.7 Å². The topological polar surface area (TPSA) is 64.9 Å². The number of carbonyl (C=O) groups is 1. The van der Waals surface area contributed by atoms with Crippen LogP contribution in [-0.4, -0.2) is 19.0 Å². The molecule has 0 aliphatic heterocycles. The minimum Gasteiger partial charge on any atom is -0.382 e. The summed E-state index contributed by atoms with van der Waals surface area (Å²) in [6.07, 6.45) is 2.02. The Hall–Kier alpha value is -1.73. The summed E-state index contributed by atoms with van der Waals surface area (Å²) in [4.78, 5) is 11.4. The van der Waals surface area contributed by atoms with Crippen molar-refractivity contribution in [3.8, 4) is 6.07 Å². The maximum atomic E-state index is 11.4. The molecule has 1 aromatic carbocycles. The van der Waals surface area contributed by atoms with Crippen LogP contribution in [0.15, 0.2) is 18.2 Å². The summed E-state index contributed by atoms with van der Waals surface area (Å²) in [6, 6.07) is 7.19. The summed E-state index contributed by atoms with van der Waals surface area (Å²) in [5.41, 5.74) is 1.25. The lowest BCUT2D eigenvalue weighted by Crippen LogP contribution is -2.29. The maximum absolute atomic E-state index is 11.4. The summed E-state index contributed by atoms with van der Waals surface area (Å²) < 4.78 is 0. The quantitative estimate of drug-likeness (QED) is 0.800. The molecule has 0 saturated heterocycles. The van der Waals surface area contributed by atoms with Gasteiger partial charge in [0.1, 0.15) is 6.07 Å². The lowest BCUT2D eigenvalue weighted by molar-refractivity contribution is -0.122. The average molecular weight is 264 g/mol. The molecular formula is C13H14ClN3O. The first-order valence-electron chi connectivity index (χ1n) is 5.92. The van der Waals surface area contributed by atoms with Crippen LogP contribution in [0.4, 0.5) is 5.69 Å². The van der Waals surface area contributed by atoms with Crippen LogP contribution >= 0.6 is 11.6 Å². The third-order valence-corrected chi connectivity index (χ3v) is 3.02. The Balaban J connectivity index is 1.79. The molecule has 0 heterocycles. The van der Waals surface area contributed by atoms with Crippen LogP contribution in [0.5, 0.6) is 0 Å². The van der Waals surface area contributed by atoms with Gasteiger partial charge in [0.25, 0.3) is 0 Å². The van der Waals surface area contributed by atoms with Crippen LogP contribution < -0.4 is 10.6 Å². The van der Waals surface area contributed by atoms with Gasteiger partial charge in [0.15, 0.2) is 0 Å². The second-order valence-electron chi connectivity index (χ2n) is 4.29. The van der Waals surface area contributed by atoms with E-state index in [0.29, 0.717) is 23.7 Å². The van der Waals surface area contributed by atoms with Gasteiger partial charge >= 0.3 is 0 Å². The van der Waals surface area contributed by atoms with Crippen LogP contribution in [0, 0.1) is 17.2 Å². The molecule has 0 spiro atoms. The van der Waals surface area contributed by atoms with Crippen LogP contribution in [0.1, 0.15) is 18.4 Å². The Bertz CT molecular complexity index is 491. The van der Waals surface area contributed by atoms with Crippen LogP contribution in [0.2, 0.25) is 5.02 Å². The lowest BCUT2D eigenvalue weighted by Gasteiger charge is -2.09. The van der Waals surface area contributed by atoms with E-state index >= 15 is 0 Å². The van der Waals surface area contributed by atoms with E-state index in [1.54, 1.807) is 18.2 Å². The molecule has 1 aromatic rings. The average Bonchev–Trinajstić information content (AvgIpc) is 3.19. The zero-order valence-corrected chi connectivity index (χ0v) is 10.6. The van der Waals surface area contributed by atoms with Gasteiger partial charge in [-0.3, -0.25) is 4.79 Å². The number of hydrogen-bond acceptors (Lipinski definition) is 3. The first kappa shape index (κ1) is 12.7. The van der Waals surface area contributed by atoms with Gasteiger partial charge in [-0.2, -0.15) is 5.26 Å². The van der Waals surface area contributed by atoms with Gasteiger partial charge in [-0.05, 0) is 31.0 Å². The van der Waals surface area contributed by atoms with Crippen molar-refractivity contribution in [1.29, 1.82) is 5.26 Å². The molecule has 1 fully saturated rings. The Labute approximate surface area is 111 Å². The standard InChI is InChI=1S/C13H14ClN3O/c14-11-3-4-12(10(7-11)8-15)16-5-6-17-13(18)9-1-2-9/h3-4,7,9,16H,1-2,5-6H2,(H,17,18). The second-order valence-corrected chi connectivity index (χ2v) is 4.73. The van der Waals surface area contributed by atoms with E-state index in [9.17, 15) is 4.79 Å². The van der Waals surface area contributed by atoms with E-state index < -0.39 is 0 Å². The van der Waals surface area contributed by atoms with Gasteiger partial charge in [0.2, 0.25) is 5.91 Å². The largest absolute Gasteiger partial charge is 0.382 e. The Morgan fingerprint density at radius 1 is 1.44 bits per heavy atom. The predicted octanol–water partition coefficient (Wildman–Crippen LogP) is 2.15. The molecule has 0 radical (unpaired) electrons. The Kier molecular flexibility index (Phi) is 4.06. The number of carbonyl (C=O) groups excluding carboxylic acids is 1. The van der Waals surface area contributed by atoms with E-state index in [1.165, 1.54) is 0 Å². The van der Waals surface area contributed by atoms with Crippen LogP contribution in [0.25, 0.3) is 0 Å². The molecule has 2 rings (SSSR count). The van der Waals surface area contributed by atoms with E-state index in [4.69, 9.17) is 16.9 Å². The number of amides is 1. The van der Waals surface area contributed by atoms with Gasteiger partial charge in [-0.15, -0.1) is 0 Å². The summed E-state index contributed by atoms with van der Waals surface area (Å²) >= 11 is 5.80. The molecule has 0 aromatic heterocycles. The fourth-order valence-corrected chi connectivity index (χ4v) is 1.81. The van der Waals surface area contributed by atoms with E-state index in [0.717, 1.165) is 18.5 Å². The molecule has 1 aliphatic carbocycles. The molecule has 5 heteroatoms. The summed E-state index contributed by atoms with van der Waals surface area (Å²) in [5, 5.41) is 15.5. The smallest absolute Gasteiger partial charge is 0.223 e. The fraction of sp³-hybridized carbons (Fsp3) is 0.385. The number of rotatable bonds is 5. The van der Waals surface area contributed by atoms with Crippen LogP contribution in [0.3, 0.4) is 0 Å². The van der Waals surface area contributed by atoms with Gasteiger partial charge in [0.05, 0.1) is 11.3 Å². The molecule has 2 N–H and O–H groups in total. The maximum Gasteiger partial charge on any atom is 0.223 e. The van der Waals surface area contributed by atoms with Crippen molar-refractivity contribution < 1.29 is 4.79 Å². The van der Waals surface area contributed by atoms with Crippen molar-refractivity contribution in [1.82, 2.24) is 5.32 Å². The van der Waals surface area contributed by atoms with Crippen molar-refractivity contribution in [2.24, 2.45) is 5.92 Å². The third kappa shape index (κ3) is 3.38. The third-order valence-electron chi connectivity index (χ3n) is 2.79.